The highest BCUT2D eigenvalue weighted by Gasteiger charge is 2.25. The number of aryl methyl sites for hydroxylation is 2. The van der Waals surface area contributed by atoms with Gasteiger partial charge in [-0.25, -0.2) is 15.0 Å². The summed E-state index contributed by atoms with van der Waals surface area (Å²) in [5.41, 5.74) is 12.2. The fourth-order valence-corrected chi connectivity index (χ4v) is 4.05. The van der Waals surface area contributed by atoms with Crippen LogP contribution in [0.15, 0.2) is 53.3 Å². The van der Waals surface area contributed by atoms with Crippen molar-refractivity contribution in [3.05, 3.63) is 60.2 Å². The Morgan fingerprint density at radius 3 is 2.30 bits per heavy atom. The summed E-state index contributed by atoms with van der Waals surface area (Å²) < 4.78 is 7.52. The van der Waals surface area contributed by atoms with Crippen molar-refractivity contribution in [2.24, 2.45) is 0 Å². The average Bonchev–Trinajstić information content (AvgIpc) is 3.37. The van der Waals surface area contributed by atoms with Crippen molar-refractivity contribution in [1.29, 1.82) is 0 Å². The van der Waals surface area contributed by atoms with Crippen LogP contribution in [0, 0.1) is 13.8 Å². The second kappa shape index (κ2) is 7.51. The van der Waals surface area contributed by atoms with Crippen molar-refractivity contribution in [2.75, 3.05) is 5.73 Å². The van der Waals surface area contributed by atoms with Gasteiger partial charge in [-0.3, -0.25) is 0 Å². The average molecular weight is 440 g/mol. The second-order valence-electron chi connectivity index (χ2n) is 9.16. The predicted molar refractivity (Wildman–Crippen MR) is 128 cm³/mol. The number of nitrogen functional groups attached to an aromatic ring is 1. The number of hydrogen-bond donors (Lipinski definition) is 1. The number of fused-ring (bicyclic) bond motifs is 1. The van der Waals surface area contributed by atoms with E-state index in [0.717, 1.165) is 44.7 Å². The minimum atomic E-state index is -0.218. The van der Waals surface area contributed by atoms with E-state index in [0.29, 0.717) is 11.7 Å². The maximum atomic E-state index is 5.65. The summed E-state index contributed by atoms with van der Waals surface area (Å²) in [6.07, 6.45) is 3.45. The maximum absolute atomic E-state index is 5.65. The quantitative estimate of drug-likeness (QED) is 0.413. The molecular formula is C25H25N7O. The predicted octanol–water partition coefficient (Wildman–Crippen LogP) is 5.16. The number of aromatic nitrogens is 6. The summed E-state index contributed by atoms with van der Waals surface area (Å²) in [6, 6.07) is 12.4. The highest BCUT2D eigenvalue weighted by atomic mass is 16.5. The van der Waals surface area contributed by atoms with E-state index >= 15 is 0 Å². The Labute approximate surface area is 191 Å². The van der Waals surface area contributed by atoms with Gasteiger partial charge in [-0.15, -0.1) is 0 Å². The van der Waals surface area contributed by atoms with E-state index in [4.69, 9.17) is 15.2 Å². The molecule has 0 saturated heterocycles. The van der Waals surface area contributed by atoms with Gasteiger partial charge in [0.25, 0.3) is 0 Å². The minimum absolute atomic E-state index is 0.218. The van der Waals surface area contributed by atoms with Crippen LogP contribution in [0.25, 0.3) is 44.9 Å². The third kappa shape index (κ3) is 3.73. The maximum Gasteiger partial charge on any atom is 0.223 e. The van der Waals surface area contributed by atoms with Gasteiger partial charge in [0.15, 0.2) is 0 Å². The lowest BCUT2D eigenvalue weighted by Crippen LogP contribution is -2.22. The Morgan fingerprint density at radius 1 is 0.879 bits per heavy atom. The van der Waals surface area contributed by atoms with Gasteiger partial charge in [0.2, 0.25) is 17.7 Å². The Bertz CT molecular complexity index is 1470. The monoisotopic (exact) mass is 439 g/mol. The third-order valence-corrected chi connectivity index (χ3v) is 5.51. The Hall–Kier alpha value is -4.07. The standard InChI is InChI=1S/C25H25N7O/c1-14-6-8-18(22-29-15(2)33-31-22)19(10-14)23-30-20-11-16(17-12-27-24(26)28-13-17)7-9-21(20)32(23)25(3,4)5/h6-13H,1-5H3,(H2,26,27,28). The van der Waals surface area contributed by atoms with Crippen LogP contribution >= 0.6 is 0 Å². The summed E-state index contributed by atoms with van der Waals surface area (Å²) in [5.74, 6) is 2.18. The van der Waals surface area contributed by atoms with Crippen LogP contribution < -0.4 is 5.73 Å². The molecule has 5 rings (SSSR count). The lowest BCUT2D eigenvalue weighted by Gasteiger charge is -2.25. The first-order valence-corrected chi connectivity index (χ1v) is 10.7. The molecule has 33 heavy (non-hydrogen) atoms. The van der Waals surface area contributed by atoms with Crippen molar-refractivity contribution in [1.82, 2.24) is 29.7 Å². The van der Waals surface area contributed by atoms with Gasteiger partial charge >= 0.3 is 0 Å². The Morgan fingerprint density at radius 2 is 1.64 bits per heavy atom. The first kappa shape index (κ1) is 20.8. The van der Waals surface area contributed by atoms with E-state index in [9.17, 15) is 0 Å². The SMILES string of the molecule is Cc1ccc(-c2noc(C)n2)c(-c2nc3cc(-c4cnc(N)nc4)ccc3n2C(C)(C)C)c1. The van der Waals surface area contributed by atoms with Crippen LogP contribution in [0.2, 0.25) is 0 Å². The molecular weight excluding hydrogens is 414 g/mol. The van der Waals surface area contributed by atoms with E-state index in [-0.39, 0.29) is 11.5 Å². The summed E-state index contributed by atoms with van der Waals surface area (Å²) >= 11 is 0. The third-order valence-electron chi connectivity index (χ3n) is 5.51. The van der Waals surface area contributed by atoms with Crippen molar-refractivity contribution in [2.45, 2.75) is 40.2 Å². The fourth-order valence-electron chi connectivity index (χ4n) is 4.05. The molecule has 5 aromatic rings. The van der Waals surface area contributed by atoms with Gasteiger partial charge < -0.3 is 14.8 Å². The van der Waals surface area contributed by atoms with Crippen LogP contribution in [0.5, 0.6) is 0 Å². The number of nitrogens with two attached hydrogens (primary N) is 1. The molecule has 8 nitrogen and oxygen atoms in total. The van der Waals surface area contributed by atoms with Crippen molar-refractivity contribution >= 4 is 17.0 Å². The topological polar surface area (TPSA) is 109 Å². The molecule has 0 aliphatic carbocycles. The minimum Gasteiger partial charge on any atom is -0.368 e. The van der Waals surface area contributed by atoms with Crippen LogP contribution in [0.1, 0.15) is 32.2 Å². The largest absolute Gasteiger partial charge is 0.368 e. The molecule has 3 heterocycles. The molecule has 0 aliphatic heterocycles. The number of anilines is 1. The fraction of sp³-hybridized carbons (Fsp3) is 0.240. The second-order valence-corrected chi connectivity index (χ2v) is 9.16. The molecule has 2 aromatic carbocycles. The zero-order valence-corrected chi connectivity index (χ0v) is 19.3. The zero-order chi connectivity index (χ0) is 23.3. The lowest BCUT2D eigenvalue weighted by molar-refractivity contribution is 0.394. The van der Waals surface area contributed by atoms with Gasteiger partial charge in [-0.1, -0.05) is 28.9 Å². The van der Waals surface area contributed by atoms with Crippen LogP contribution in [0.3, 0.4) is 0 Å². The van der Waals surface area contributed by atoms with E-state index < -0.39 is 0 Å². The van der Waals surface area contributed by atoms with Crippen LogP contribution in [-0.4, -0.2) is 29.7 Å². The normalized spacial score (nSPS) is 11.9. The summed E-state index contributed by atoms with van der Waals surface area (Å²) in [5, 5.41) is 4.16. The van der Waals surface area contributed by atoms with Gasteiger partial charge in [0.05, 0.1) is 11.0 Å². The number of imidazole rings is 1. The van der Waals surface area contributed by atoms with E-state index in [1.165, 1.54) is 0 Å². The highest BCUT2D eigenvalue weighted by Crippen LogP contribution is 2.37. The van der Waals surface area contributed by atoms with Gasteiger partial charge in [0.1, 0.15) is 5.82 Å². The molecule has 8 heteroatoms. The number of benzene rings is 2. The molecule has 0 fully saturated rings. The van der Waals surface area contributed by atoms with Crippen molar-refractivity contribution in [3.8, 4) is 33.9 Å². The first-order valence-electron chi connectivity index (χ1n) is 10.7. The number of nitrogens with zero attached hydrogens (tertiary/aromatic N) is 6. The smallest absolute Gasteiger partial charge is 0.223 e. The molecule has 0 aliphatic rings. The molecule has 0 saturated carbocycles. The molecule has 0 bridgehead atoms. The summed E-state index contributed by atoms with van der Waals surface area (Å²) in [4.78, 5) is 17.8. The zero-order valence-electron chi connectivity index (χ0n) is 19.3. The molecule has 2 N–H and O–H groups in total. The van der Waals surface area contributed by atoms with Gasteiger partial charge in [0, 0.05) is 41.5 Å². The molecule has 0 amide bonds. The molecule has 166 valence electrons. The van der Waals surface area contributed by atoms with Gasteiger partial charge in [-0.05, 0) is 51.5 Å². The molecule has 0 atom stereocenters. The van der Waals surface area contributed by atoms with E-state index in [1.54, 1.807) is 19.3 Å². The first-order chi connectivity index (χ1) is 15.7. The Kier molecular flexibility index (Phi) is 4.74. The molecule has 0 spiro atoms. The molecule has 0 unspecified atom stereocenters. The van der Waals surface area contributed by atoms with E-state index in [2.05, 4.69) is 76.6 Å². The van der Waals surface area contributed by atoms with Crippen LogP contribution in [-0.2, 0) is 5.54 Å². The van der Waals surface area contributed by atoms with Crippen LogP contribution in [0.4, 0.5) is 5.95 Å². The number of rotatable bonds is 3. The van der Waals surface area contributed by atoms with Crippen molar-refractivity contribution < 1.29 is 4.52 Å². The molecule has 3 aromatic heterocycles. The number of hydrogen-bond acceptors (Lipinski definition) is 7. The molecule has 0 radical (unpaired) electrons. The van der Waals surface area contributed by atoms with Crippen molar-refractivity contribution in [3.63, 3.8) is 0 Å². The highest BCUT2D eigenvalue weighted by molar-refractivity contribution is 5.88. The lowest BCUT2D eigenvalue weighted by atomic mass is 10.0. The van der Waals surface area contributed by atoms with E-state index in [1.807, 2.05) is 12.1 Å². The van der Waals surface area contributed by atoms with Gasteiger partial charge in [-0.2, -0.15) is 4.98 Å². The summed E-state index contributed by atoms with van der Waals surface area (Å²) in [6.45, 7) is 10.4. The summed E-state index contributed by atoms with van der Waals surface area (Å²) in [7, 11) is 0. The Balaban J connectivity index is 1.76.